The third kappa shape index (κ3) is 1.68. The SMILES string of the molecule is CC(CO)C(C)(N)C(=O)O. The second-order valence-corrected chi connectivity index (χ2v) is 2.67. The first kappa shape index (κ1) is 9.39. The van der Waals surface area contributed by atoms with Crippen LogP contribution in [0.15, 0.2) is 0 Å². The lowest BCUT2D eigenvalue weighted by Gasteiger charge is -2.24. The van der Waals surface area contributed by atoms with Gasteiger partial charge in [0, 0.05) is 12.5 Å². The van der Waals surface area contributed by atoms with Gasteiger partial charge in [0.2, 0.25) is 0 Å². The van der Waals surface area contributed by atoms with Crippen molar-refractivity contribution in [2.75, 3.05) is 6.61 Å². The van der Waals surface area contributed by atoms with E-state index in [9.17, 15) is 4.79 Å². The van der Waals surface area contributed by atoms with Crippen molar-refractivity contribution in [3.63, 3.8) is 0 Å². The van der Waals surface area contributed by atoms with E-state index in [0.29, 0.717) is 0 Å². The highest BCUT2D eigenvalue weighted by Gasteiger charge is 2.33. The molecule has 0 aliphatic rings. The van der Waals surface area contributed by atoms with Crippen molar-refractivity contribution in [2.45, 2.75) is 19.4 Å². The van der Waals surface area contributed by atoms with E-state index in [2.05, 4.69) is 0 Å². The number of aliphatic hydroxyl groups is 1. The zero-order valence-electron chi connectivity index (χ0n) is 6.16. The van der Waals surface area contributed by atoms with Gasteiger partial charge in [-0.05, 0) is 6.92 Å². The molecule has 0 rings (SSSR count). The van der Waals surface area contributed by atoms with Crippen LogP contribution in [0.3, 0.4) is 0 Å². The summed E-state index contributed by atoms with van der Waals surface area (Å²) in [7, 11) is 0. The molecule has 2 atom stereocenters. The van der Waals surface area contributed by atoms with E-state index in [0.717, 1.165) is 0 Å². The molecule has 0 radical (unpaired) electrons. The van der Waals surface area contributed by atoms with Crippen molar-refractivity contribution in [1.82, 2.24) is 0 Å². The van der Waals surface area contributed by atoms with Crippen LogP contribution in [0, 0.1) is 5.92 Å². The number of nitrogens with two attached hydrogens (primary N) is 1. The predicted molar refractivity (Wildman–Crippen MR) is 36.5 cm³/mol. The van der Waals surface area contributed by atoms with E-state index in [1.54, 1.807) is 6.92 Å². The van der Waals surface area contributed by atoms with Crippen LogP contribution in [0.5, 0.6) is 0 Å². The Balaban J connectivity index is 4.23. The third-order valence-corrected chi connectivity index (χ3v) is 1.76. The monoisotopic (exact) mass is 147 g/mol. The average molecular weight is 147 g/mol. The van der Waals surface area contributed by atoms with Crippen molar-refractivity contribution in [3.05, 3.63) is 0 Å². The Morgan fingerprint density at radius 3 is 2.30 bits per heavy atom. The number of carbonyl (C=O) groups is 1. The Morgan fingerprint density at radius 1 is 1.80 bits per heavy atom. The number of hydrogen-bond donors (Lipinski definition) is 3. The highest BCUT2D eigenvalue weighted by molar-refractivity contribution is 5.78. The van der Waals surface area contributed by atoms with Gasteiger partial charge in [0.15, 0.2) is 0 Å². The summed E-state index contributed by atoms with van der Waals surface area (Å²) in [6.07, 6.45) is 0. The van der Waals surface area contributed by atoms with E-state index in [1.165, 1.54) is 6.92 Å². The maximum absolute atomic E-state index is 10.4. The summed E-state index contributed by atoms with van der Waals surface area (Å²) in [6.45, 7) is 2.77. The van der Waals surface area contributed by atoms with Gasteiger partial charge in [0.1, 0.15) is 5.54 Å². The first-order valence-electron chi connectivity index (χ1n) is 3.06. The van der Waals surface area contributed by atoms with Crippen LogP contribution < -0.4 is 5.73 Å². The number of rotatable bonds is 3. The number of aliphatic hydroxyl groups excluding tert-OH is 1. The lowest BCUT2D eigenvalue weighted by molar-refractivity contribution is -0.145. The molecule has 0 aromatic carbocycles. The van der Waals surface area contributed by atoms with Crippen molar-refractivity contribution >= 4 is 5.97 Å². The Morgan fingerprint density at radius 2 is 2.20 bits per heavy atom. The van der Waals surface area contributed by atoms with Crippen LogP contribution in [0.2, 0.25) is 0 Å². The molecular weight excluding hydrogens is 134 g/mol. The maximum atomic E-state index is 10.4. The molecule has 0 aliphatic heterocycles. The summed E-state index contributed by atoms with van der Waals surface area (Å²) in [5.41, 5.74) is 4.03. The van der Waals surface area contributed by atoms with Gasteiger partial charge >= 0.3 is 5.97 Å². The lowest BCUT2D eigenvalue weighted by Crippen LogP contribution is -2.51. The number of carboxylic acid groups (broad SMARTS) is 1. The molecule has 0 aromatic rings. The van der Waals surface area contributed by atoms with Crippen LogP contribution in [0.4, 0.5) is 0 Å². The Kier molecular flexibility index (Phi) is 2.80. The fraction of sp³-hybridized carbons (Fsp3) is 0.833. The molecule has 0 spiro atoms. The first-order valence-corrected chi connectivity index (χ1v) is 3.06. The van der Waals surface area contributed by atoms with Gasteiger partial charge in [0.05, 0.1) is 0 Å². The van der Waals surface area contributed by atoms with Gasteiger partial charge in [-0.1, -0.05) is 6.92 Å². The van der Waals surface area contributed by atoms with Gasteiger partial charge < -0.3 is 15.9 Å². The molecule has 0 aromatic heterocycles. The largest absolute Gasteiger partial charge is 0.480 e. The van der Waals surface area contributed by atoms with E-state index >= 15 is 0 Å². The minimum absolute atomic E-state index is 0.209. The van der Waals surface area contributed by atoms with Gasteiger partial charge in [0.25, 0.3) is 0 Å². The van der Waals surface area contributed by atoms with Gasteiger partial charge in [-0.3, -0.25) is 4.79 Å². The number of aliphatic carboxylic acids is 1. The highest BCUT2D eigenvalue weighted by Crippen LogP contribution is 2.12. The smallest absolute Gasteiger partial charge is 0.323 e. The Bertz CT molecular complexity index is 133. The summed E-state index contributed by atoms with van der Waals surface area (Å²) >= 11 is 0. The van der Waals surface area contributed by atoms with Crippen molar-refractivity contribution in [1.29, 1.82) is 0 Å². The molecule has 0 amide bonds. The van der Waals surface area contributed by atoms with Crippen LogP contribution in [-0.4, -0.2) is 28.3 Å². The molecule has 10 heavy (non-hydrogen) atoms. The predicted octanol–water partition coefficient (Wildman–Crippen LogP) is -0.583. The van der Waals surface area contributed by atoms with Crippen molar-refractivity contribution in [3.8, 4) is 0 Å². The standard InChI is InChI=1S/C6H13NO3/c1-4(3-8)6(2,7)5(9)10/h4,8H,3,7H2,1-2H3,(H,9,10). The zero-order chi connectivity index (χ0) is 8.36. The molecule has 4 N–H and O–H groups in total. The minimum Gasteiger partial charge on any atom is -0.480 e. The summed E-state index contributed by atoms with van der Waals surface area (Å²) in [5.74, 6) is -1.51. The van der Waals surface area contributed by atoms with Gasteiger partial charge in [-0.2, -0.15) is 0 Å². The van der Waals surface area contributed by atoms with Crippen molar-refractivity contribution < 1.29 is 15.0 Å². The highest BCUT2D eigenvalue weighted by atomic mass is 16.4. The first-order chi connectivity index (χ1) is 4.42. The van der Waals surface area contributed by atoms with Gasteiger partial charge in [-0.25, -0.2) is 0 Å². The molecule has 0 bridgehead atoms. The zero-order valence-corrected chi connectivity index (χ0v) is 6.16. The quantitative estimate of drug-likeness (QED) is 0.498. The Hall–Kier alpha value is -0.610. The van der Waals surface area contributed by atoms with Crippen LogP contribution in [-0.2, 0) is 4.79 Å². The summed E-state index contributed by atoms with van der Waals surface area (Å²) in [6, 6.07) is 0. The van der Waals surface area contributed by atoms with Crippen molar-refractivity contribution in [2.24, 2.45) is 11.7 Å². The van der Waals surface area contributed by atoms with Crippen LogP contribution in [0.25, 0.3) is 0 Å². The second kappa shape index (κ2) is 2.98. The number of hydrogen-bond acceptors (Lipinski definition) is 3. The molecule has 0 saturated carbocycles. The molecule has 0 saturated heterocycles. The fourth-order valence-corrected chi connectivity index (χ4v) is 0.400. The lowest BCUT2D eigenvalue weighted by atomic mass is 9.89. The minimum atomic E-state index is -1.32. The number of carboxylic acids is 1. The summed E-state index contributed by atoms with van der Waals surface area (Å²) < 4.78 is 0. The van der Waals surface area contributed by atoms with E-state index in [1.807, 2.05) is 0 Å². The molecule has 4 heteroatoms. The molecule has 2 unspecified atom stereocenters. The molecular formula is C6H13NO3. The molecule has 60 valence electrons. The summed E-state index contributed by atoms with van der Waals surface area (Å²) in [4.78, 5) is 10.4. The topological polar surface area (TPSA) is 83.5 Å². The average Bonchev–Trinajstić information content (AvgIpc) is 1.86. The summed E-state index contributed by atoms with van der Waals surface area (Å²) in [5, 5.41) is 17.1. The molecule has 4 nitrogen and oxygen atoms in total. The van der Waals surface area contributed by atoms with E-state index < -0.39 is 17.4 Å². The third-order valence-electron chi connectivity index (χ3n) is 1.76. The van der Waals surface area contributed by atoms with Gasteiger partial charge in [-0.15, -0.1) is 0 Å². The Labute approximate surface area is 59.7 Å². The van der Waals surface area contributed by atoms with Crippen LogP contribution >= 0.6 is 0 Å². The van der Waals surface area contributed by atoms with E-state index in [-0.39, 0.29) is 6.61 Å². The maximum Gasteiger partial charge on any atom is 0.323 e. The molecule has 0 fully saturated rings. The van der Waals surface area contributed by atoms with Crippen LogP contribution in [0.1, 0.15) is 13.8 Å². The van der Waals surface area contributed by atoms with E-state index in [4.69, 9.17) is 15.9 Å². The fourth-order valence-electron chi connectivity index (χ4n) is 0.400. The molecule has 0 aliphatic carbocycles. The molecule has 0 heterocycles. The second-order valence-electron chi connectivity index (χ2n) is 2.67. The normalized spacial score (nSPS) is 19.6.